The molecule has 1 aliphatic carbocycles. The van der Waals surface area contributed by atoms with Crippen LogP contribution >= 0.6 is 0 Å². The molecule has 0 aromatic heterocycles. The topological polar surface area (TPSA) is 75.6 Å². The zero-order chi connectivity index (χ0) is 22.6. The highest BCUT2D eigenvalue weighted by Crippen LogP contribution is 2.33. The molecule has 3 rings (SSSR count). The first kappa shape index (κ1) is 23.1. The van der Waals surface area contributed by atoms with Crippen LogP contribution in [-0.4, -0.2) is 29.6 Å². The second kappa shape index (κ2) is 9.71. The fraction of sp³-hybridized carbons (Fsp3) is 0.538. The van der Waals surface area contributed by atoms with Crippen molar-refractivity contribution in [2.75, 3.05) is 6.61 Å². The van der Waals surface area contributed by atoms with Crippen LogP contribution in [0, 0.1) is 18.3 Å². The van der Waals surface area contributed by atoms with Gasteiger partial charge in [-0.15, -0.1) is 0 Å². The summed E-state index contributed by atoms with van der Waals surface area (Å²) in [6.07, 6.45) is 6.66. The number of benzene rings is 2. The minimum absolute atomic E-state index is 0.395. The number of aliphatic carboxylic acids is 1. The van der Waals surface area contributed by atoms with Gasteiger partial charge in [-0.2, -0.15) is 0 Å². The fourth-order valence-electron chi connectivity index (χ4n) is 4.30. The molecule has 5 nitrogen and oxygen atoms in total. The van der Waals surface area contributed by atoms with Gasteiger partial charge in [0.05, 0.1) is 12.2 Å². The normalized spacial score (nSPS) is 16.1. The van der Waals surface area contributed by atoms with E-state index in [0.717, 1.165) is 29.2 Å². The lowest BCUT2D eigenvalue weighted by Crippen LogP contribution is -2.50. The molecule has 0 bridgehead atoms. The summed E-state index contributed by atoms with van der Waals surface area (Å²) in [4.78, 5) is 25.2. The quantitative estimate of drug-likeness (QED) is 0.567. The van der Waals surface area contributed by atoms with Gasteiger partial charge in [-0.25, -0.2) is 4.79 Å². The van der Waals surface area contributed by atoms with E-state index in [1.165, 1.54) is 19.3 Å². The maximum absolute atomic E-state index is 13.3. The van der Waals surface area contributed by atoms with Crippen LogP contribution in [0.4, 0.5) is 0 Å². The number of hydrogen-bond acceptors (Lipinski definition) is 3. The fourth-order valence-corrected chi connectivity index (χ4v) is 4.30. The number of ether oxygens (including phenoxy) is 1. The van der Waals surface area contributed by atoms with E-state index < -0.39 is 23.3 Å². The van der Waals surface area contributed by atoms with E-state index in [1.807, 2.05) is 52.0 Å². The molecule has 0 radical (unpaired) electrons. The van der Waals surface area contributed by atoms with Crippen molar-refractivity contribution in [2.45, 2.75) is 72.3 Å². The number of hydrogen-bond donors (Lipinski definition) is 2. The third-order valence-electron chi connectivity index (χ3n) is 6.78. The Balaban J connectivity index is 1.95. The van der Waals surface area contributed by atoms with Gasteiger partial charge >= 0.3 is 5.97 Å². The van der Waals surface area contributed by atoms with Gasteiger partial charge in [0.1, 0.15) is 11.8 Å². The number of fused-ring (bicyclic) bond motifs is 1. The van der Waals surface area contributed by atoms with Gasteiger partial charge in [0, 0.05) is 5.39 Å². The number of rotatable bonds is 8. The summed E-state index contributed by atoms with van der Waals surface area (Å²) in [6.45, 7) is 8.24. The van der Waals surface area contributed by atoms with Crippen LogP contribution in [0.3, 0.4) is 0 Å². The molecule has 1 unspecified atom stereocenters. The average molecular weight is 426 g/mol. The minimum atomic E-state index is -1.03. The van der Waals surface area contributed by atoms with E-state index in [2.05, 4.69) is 5.32 Å². The molecule has 31 heavy (non-hydrogen) atoms. The molecule has 168 valence electrons. The van der Waals surface area contributed by atoms with Crippen LogP contribution in [-0.2, 0) is 4.79 Å². The minimum Gasteiger partial charge on any atom is -0.492 e. The number of nitrogens with one attached hydrogen (secondary N) is 1. The van der Waals surface area contributed by atoms with Crippen molar-refractivity contribution in [3.05, 3.63) is 41.5 Å². The molecular formula is C26H35NO4. The van der Waals surface area contributed by atoms with E-state index in [9.17, 15) is 14.7 Å². The Morgan fingerprint density at radius 1 is 1.16 bits per heavy atom. The SMILES string of the molecule is CCC(C)(C)C(NC(=O)c1ccc2ccc(C)cc2c1OCC1CCCCC1)C(=O)O. The molecule has 1 aliphatic rings. The number of carboxylic acids is 1. The second-order valence-corrected chi connectivity index (χ2v) is 9.57. The molecule has 1 fully saturated rings. The van der Waals surface area contributed by atoms with Crippen molar-refractivity contribution < 1.29 is 19.4 Å². The van der Waals surface area contributed by atoms with Crippen LogP contribution < -0.4 is 10.1 Å². The van der Waals surface area contributed by atoms with E-state index in [-0.39, 0.29) is 0 Å². The van der Waals surface area contributed by atoms with Crippen LogP contribution in [0.25, 0.3) is 10.8 Å². The van der Waals surface area contributed by atoms with Gasteiger partial charge in [0.15, 0.2) is 0 Å². The van der Waals surface area contributed by atoms with Gasteiger partial charge in [-0.1, -0.05) is 63.8 Å². The van der Waals surface area contributed by atoms with E-state index in [0.29, 0.717) is 30.3 Å². The molecule has 0 saturated heterocycles. The van der Waals surface area contributed by atoms with Crippen LogP contribution in [0.5, 0.6) is 5.75 Å². The molecule has 0 aliphatic heterocycles. The van der Waals surface area contributed by atoms with Crippen molar-refractivity contribution in [2.24, 2.45) is 11.3 Å². The maximum atomic E-state index is 13.3. The number of carboxylic acid groups (broad SMARTS) is 1. The first-order chi connectivity index (χ1) is 14.7. The molecule has 2 N–H and O–H groups in total. The Bertz CT molecular complexity index is 944. The Hall–Kier alpha value is -2.56. The standard InChI is InChI=1S/C26H35NO4/c1-5-26(3,4)23(25(29)30)27-24(28)20-14-13-19-12-11-17(2)15-21(19)22(20)31-16-18-9-7-6-8-10-18/h11-15,18,23H,5-10,16H2,1-4H3,(H,27,28)(H,29,30). The molecule has 1 atom stereocenters. The second-order valence-electron chi connectivity index (χ2n) is 9.57. The van der Waals surface area contributed by atoms with Gasteiger partial charge in [0.2, 0.25) is 0 Å². The highest BCUT2D eigenvalue weighted by Gasteiger charge is 2.36. The Labute approximate surface area is 185 Å². The largest absolute Gasteiger partial charge is 0.492 e. The summed E-state index contributed by atoms with van der Waals surface area (Å²) in [7, 11) is 0. The summed E-state index contributed by atoms with van der Waals surface area (Å²) in [5.41, 5.74) is 0.910. The molecule has 0 spiro atoms. The smallest absolute Gasteiger partial charge is 0.326 e. The molecule has 0 heterocycles. The molecule has 1 saturated carbocycles. The Morgan fingerprint density at radius 3 is 2.48 bits per heavy atom. The number of carbonyl (C=O) groups excluding carboxylic acids is 1. The zero-order valence-electron chi connectivity index (χ0n) is 19.2. The zero-order valence-corrected chi connectivity index (χ0v) is 19.2. The molecule has 5 heteroatoms. The van der Waals surface area contributed by atoms with Crippen molar-refractivity contribution in [3.8, 4) is 5.75 Å². The van der Waals surface area contributed by atoms with E-state index in [4.69, 9.17) is 4.74 Å². The van der Waals surface area contributed by atoms with E-state index >= 15 is 0 Å². The van der Waals surface area contributed by atoms with Gasteiger partial charge < -0.3 is 15.2 Å². The first-order valence-corrected chi connectivity index (χ1v) is 11.4. The first-order valence-electron chi connectivity index (χ1n) is 11.4. The maximum Gasteiger partial charge on any atom is 0.326 e. The Morgan fingerprint density at radius 2 is 1.84 bits per heavy atom. The van der Waals surface area contributed by atoms with Gasteiger partial charge in [-0.3, -0.25) is 4.79 Å². The van der Waals surface area contributed by atoms with Gasteiger partial charge in [-0.05, 0) is 55.0 Å². The van der Waals surface area contributed by atoms with Crippen molar-refractivity contribution >= 4 is 22.6 Å². The van der Waals surface area contributed by atoms with Crippen LogP contribution in [0.1, 0.15) is 75.2 Å². The summed E-state index contributed by atoms with van der Waals surface area (Å²) < 4.78 is 6.31. The highest BCUT2D eigenvalue weighted by atomic mass is 16.5. The van der Waals surface area contributed by atoms with Crippen LogP contribution in [0.15, 0.2) is 30.3 Å². The Kier molecular flexibility index (Phi) is 7.24. The highest BCUT2D eigenvalue weighted by molar-refractivity contribution is 6.05. The van der Waals surface area contributed by atoms with Crippen molar-refractivity contribution in [3.63, 3.8) is 0 Å². The van der Waals surface area contributed by atoms with Crippen molar-refractivity contribution in [1.29, 1.82) is 0 Å². The summed E-state index contributed by atoms with van der Waals surface area (Å²) in [6, 6.07) is 8.77. The summed E-state index contributed by atoms with van der Waals surface area (Å²) >= 11 is 0. The lowest BCUT2D eigenvalue weighted by atomic mass is 9.81. The number of carbonyl (C=O) groups is 2. The molecule has 2 aromatic carbocycles. The predicted octanol–water partition coefficient (Wildman–Crippen LogP) is 5.73. The molecule has 1 amide bonds. The summed E-state index contributed by atoms with van der Waals surface area (Å²) in [5, 5.41) is 14.4. The van der Waals surface area contributed by atoms with Crippen LogP contribution in [0.2, 0.25) is 0 Å². The van der Waals surface area contributed by atoms with Crippen molar-refractivity contribution in [1.82, 2.24) is 5.32 Å². The third kappa shape index (κ3) is 5.38. The molecule has 2 aromatic rings. The average Bonchev–Trinajstić information content (AvgIpc) is 2.75. The predicted molar refractivity (Wildman–Crippen MR) is 124 cm³/mol. The monoisotopic (exact) mass is 425 g/mol. The lowest BCUT2D eigenvalue weighted by molar-refractivity contribution is -0.142. The summed E-state index contributed by atoms with van der Waals surface area (Å²) in [5.74, 6) is -0.379. The lowest BCUT2D eigenvalue weighted by Gasteiger charge is -2.31. The van der Waals surface area contributed by atoms with Gasteiger partial charge in [0.25, 0.3) is 5.91 Å². The van der Waals surface area contributed by atoms with E-state index in [1.54, 1.807) is 6.07 Å². The number of aryl methyl sites for hydroxylation is 1. The third-order valence-corrected chi connectivity index (χ3v) is 6.78. The molecular weight excluding hydrogens is 390 g/mol. The number of amides is 1.